The highest BCUT2D eigenvalue weighted by Gasteiger charge is 2.25. The lowest BCUT2D eigenvalue weighted by Gasteiger charge is -2.18. The first-order valence-electron chi connectivity index (χ1n) is 7.02. The number of para-hydroxylation sites is 1. The minimum Gasteiger partial charge on any atom is -0.354 e. The number of anilines is 1. The lowest BCUT2D eigenvalue weighted by atomic mass is 9.96. The van der Waals surface area contributed by atoms with E-state index in [1.807, 2.05) is 30.5 Å². The molecule has 2 aromatic rings. The lowest BCUT2D eigenvalue weighted by molar-refractivity contribution is 0.414. The van der Waals surface area contributed by atoms with Gasteiger partial charge in [-0.2, -0.15) is 0 Å². The third-order valence-electron chi connectivity index (χ3n) is 4.13. The summed E-state index contributed by atoms with van der Waals surface area (Å²) in [5.41, 5.74) is 6.80. The van der Waals surface area contributed by atoms with Crippen LogP contribution >= 0.6 is 0 Å². The number of nitrogens with two attached hydrogens (primary N) is 1. The highest BCUT2D eigenvalue weighted by molar-refractivity contribution is 5.78. The van der Waals surface area contributed by atoms with Crippen molar-refractivity contribution in [1.82, 2.24) is 9.97 Å². The molecule has 100 valence electrons. The quantitative estimate of drug-likeness (QED) is 0.881. The Kier molecular flexibility index (Phi) is 3.60. The van der Waals surface area contributed by atoms with Crippen LogP contribution in [-0.2, 0) is 0 Å². The van der Waals surface area contributed by atoms with E-state index >= 15 is 0 Å². The van der Waals surface area contributed by atoms with E-state index < -0.39 is 0 Å². The molecule has 1 aromatic carbocycles. The van der Waals surface area contributed by atoms with Crippen LogP contribution in [0.5, 0.6) is 0 Å². The molecule has 0 radical (unpaired) electrons. The van der Waals surface area contributed by atoms with Crippen LogP contribution in [0.4, 0.5) is 5.95 Å². The third kappa shape index (κ3) is 2.68. The molecule has 1 aliphatic carbocycles. The summed E-state index contributed by atoms with van der Waals surface area (Å²) in [5, 5.41) is 4.44. The molecule has 1 fully saturated rings. The van der Waals surface area contributed by atoms with Gasteiger partial charge in [-0.3, -0.25) is 0 Å². The minimum atomic E-state index is 0.660. The van der Waals surface area contributed by atoms with Gasteiger partial charge in [0.15, 0.2) is 0 Å². The maximum atomic E-state index is 5.81. The van der Waals surface area contributed by atoms with E-state index in [9.17, 15) is 0 Å². The van der Waals surface area contributed by atoms with E-state index in [4.69, 9.17) is 5.73 Å². The Bertz CT molecular complexity index is 555. The highest BCUT2D eigenvalue weighted by Crippen LogP contribution is 2.30. The molecule has 1 aliphatic rings. The SMILES string of the molecule is NCC1CCCC1CNc1ncc2ccccc2n1. The summed E-state index contributed by atoms with van der Waals surface area (Å²) in [5.74, 6) is 2.05. The van der Waals surface area contributed by atoms with Crippen molar-refractivity contribution >= 4 is 16.9 Å². The number of benzene rings is 1. The molecule has 0 saturated heterocycles. The van der Waals surface area contributed by atoms with Crippen LogP contribution in [0, 0.1) is 11.8 Å². The summed E-state index contributed by atoms with van der Waals surface area (Å²) in [6.45, 7) is 1.73. The fourth-order valence-electron chi connectivity index (χ4n) is 2.97. The van der Waals surface area contributed by atoms with Crippen molar-refractivity contribution in [2.75, 3.05) is 18.4 Å². The number of fused-ring (bicyclic) bond motifs is 1. The Hall–Kier alpha value is -1.68. The summed E-state index contributed by atoms with van der Waals surface area (Å²) < 4.78 is 0. The van der Waals surface area contributed by atoms with Gasteiger partial charge in [0.05, 0.1) is 5.52 Å². The van der Waals surface area contributed by atoms with Gasteiger partial charge in [0, 0.05) is 18.1 Å². The molecular formula is C15H20N4. The summed E-state index contributed by atoms with van der Waals surface area (Å²) in [6.07, 6.45) is 5.70. The largest absolute Gasteiger partial charge is 0.354 e. The second-order valence-corrected chi connectivity index (χ2v) is 5.32. The van der Waals surface area contributed by atoms with Gasteiger partial charge in [0.25, 0.3) is 0 Å². The van der Waals surface area contributed by atoms with Gasteiger partial charge in [-0.05, 0) is 37.3 Å². The maximum absolute atomic E-state index is 5.81. The standard InChI is InChI=1S/C15H20N4/c16-8-11-5-3-6-12(11)9-17-15-18-10-13-4-1-2-7-14(13)19-15/h1-2,4,7,10-12H,3,5-6,8-9,16H2,(H,17,18,19). The third-order valence-corrected chi connectivity index (χ3v) is 4.13. The second-order valence-electron chi connectivity index (χ2n) is 5.32. The van der Waals surface area contributed by atoms with Crippen molar-refractivity contribution in [3.05, 3.63) is 30.5 Å². The zero-order valence-electron chi connectivity index (χ0n) is 11.0. The monoisotopic (exact) mass is 256 g/mol. The zero-order valence-corrected chi connectivity index (χ0v) is 11.0. The van der Waals surface area contributed by atoms with Crippen LogP contribution < -0.4 is 11.1 Å². The molecule has 4 heteroatoms. The molecule has 0 aliphatic heterocycles. The van der Waals surface area contributed by atoms with Gasteiger partial charge in [-0.15, -0.1) is 0 Å². The Morgan fingerprint density at radius 3 is 2.95 bits per heavy atom. The first-order chi connectivity index (χ1) is 9.36. The number of aromatic nitrogens is 2. The van der Waals surface area contributed by atoms with Gasteiger partial charge in [0.1, 0.15) is 0 Å². The Morgan fingerprint density at radius 2 is 2.05 bits per heavy atom. The molecular weight excluding hydrogens is 236 g/mol. The van der Waals surface area contributed by atoms with Crippen LogP contribution in [0.25, 0.3) is 10.9 Å². The fourth-order valence-corrected chi connectivity index (χ4v) is 2.97. The van der Waals surface area contributed by atoms with E-state index in [1.165, 1.54) is 19.3 Å². The van der Waals surface area contributed by atoms with Crippen LogP contribution in [0.3, 0.4) is 0 Å². The predicted octanol–water partition coefficient (Wildman–Crippen LogP) is 2.42. The second kappa shape index (κ2) is 5.53. The van der Waals surface area contributed by atoms with E-state index in [-0.39, 0.29) is 0 Å². The fraction of sp³-hybridized carbons (Fsp3) is 0.467. The summed E-state index contributed by atoms with van der Waals surface area (Å²) in [7, 11) is 0. The van der Waals surface area contributed by atoms with Gasteiger partial charge in [-0.1, -0.05) is 24.6 Å². The molecule has 2 atom stereocenters. The first-order valence-corrected chi connectivity index (χ1v) is 7.02. The molecule has 1 aromatic heterocycles. The lowest BCUT2D eigenvalue weighted by Crippen LogP contribution is -2.24. The molecule has 0 spiro atoms. The van der Waals surface area contributed by atoms with Crippen molar-refractivity contribution in [3.63, 3.8) is 0 Å². The summed E-state index contributed by atoms with van der Waals surface area (Å²) in [6, 6.07) is 8.05. The van der Waals surface area contributed by atoms with E-state index in [1.54, 1.807) is 0 Å². The summed E-state index contributed by atoms with van der Waals surface area (Å²) in [4.78, 5) is 8.90. The van der Waals surface area contributed by atoms with Crippen molar-refractivity contribution in [1.29, 1.82) is 0 Å². The molecule has 3 rings (SSSR count). The molecule has 3 N–H and O–H groups in total. The maximum Gasteiger partial charge on any atom is 0.223 e. The number of hydrogen-bond donors (Lipinski definition) is 2. The average molecular weight is 256 g/mol. The highest BCUT2D eigenvalue weighted by atomic mass is 15.1. The first kappa shape index (κ1) is 12.4. The molecule has 1 saturated carbocycles. The van der Waals surface area contributed by atoms with Crippen LogP contribution in [0.15, 0.2) is 30.5 Å². The number of hydrogen-bond acceptors (Lipinski definition) is 4. The zero-order chi connectivity index (χ0) is 13.1. The topological polar surface area (TPSA) is 63.8 Å². The van der Waals surface area contributed by atoms with Gasteiger partial charge in [0.2, 0.25) is 5.95 Å². The van der Waals surface area contributed by atoms with E-state index in [0.717, 1.165) is 29.9 Å². The minimum absolute atomic E-state index is 0.660. The van der Waals surface area contributed by atoms with Gasteiger partial charge >= 0.3 is 0 Å². The van der Waals surface area contributed by atoms with E-state index in [0.29, 0.717) is 11.8 Å². The van der Waals surface area contributed by atoms with Crippen LogP contribution in [-0.4, -0.2) is 23.1 Å². The number of nitrogens with zero attached hydrogens (tertiary/aromatic N) is 2. The van der Waals surface area contributed by atoms with Crippen LogP contribution in [0.1, 0.15) is 19.3 Å². The molecule has 1 heterocycles. The molecule has 0 bridgehead atoms. The van der Waals surface area contributed by atoms with Gasteiger partial charge in [-0.25, -0.2) is 9.97 Å². The van der Waals surface area contributed by atoms with Crippen molar-refractivity contribution in [3.8, 4) is 0 Å². The number of rotatable bonds is 4. The predicted molar refractivity (Wildman–Crippen MR) is 77.9 cm³/mol. The van der Waals surface area contributed by atoms with Crippen LogP contribution in [0.2, 0.25) is 0 Å². The summed E-state index contributed by atoms with van der Waals surface area (Å²) >= 11 is 0. The smallest absolute Gasteiger partial charge is 0.223 e. The van der Waals surface area contributed by atoms with E-state index in [2.05, 4.69) is 15.3 Å². The normalized spacial score (nSPS) is 22.8. The van der Waals surface area contributed by atoms with Crippen molar-refractivity contribution < 1.29 is 0 Å². The Labute approximate surface area is 113 Å². The molecule has 2 unspecified atom stereocenters. The molecule has 19 heavy (non-hydrogen) atoms. The number of nitrogens with one attached hydrogen (secondary N) is 1. The molecule has 0 amide bonds. The Balaban J connectivity index is 1.68. The average Bonchev–Trinajstić information content (AvgIpc) is 2.92. The molecule has 4 nitrogen and oxygen atoms in total. The van der Waals surface area contributed by atoms with Crippen molar-refractivity contribution in [2.24, 2.45) is 17.6 Å². The van der Waals surface area contributed by atoms with Crippen molar-refractivity contribution in [2.45, 2.75) is 19.3 Å². The van der Waals surface area contributed by atoms with Gasteiger partial charge < -0.3 is 11.1 Å². The Morgan fingerprint density at radius 1 is 1.21 bits per heavy atom.